The number of amides is 2. The highest BCUT2D eigenvalue weighted by atomic mass is 16.2. The van der Waals surface area contributed by atoms with Crippen molar-refractivity contribution in [3.05, 3.63) is 289 Å². The molecule has 0 bridgehead atoms. The standard InChI is InChI=1S/C74H62N4O2/c1-73(2,3)77-69(59-35-47-65(48-36-59)75(61-39-27-55(28-40-61)51-19-11-7-12-20-51)62-41-29-56(30-42-62)52-21-13-8-14-22-52)67-68(71(77)79)70(78(72(67)80)74(4,5)6)60-37-49-66(50-38-60)76(63-43-31-57(32-44-63)53-23-15-9-16-24-53)64-45-33-58(34-46-64)54-25-17-10-18-26-54/h7-50H,1-6H3. The number of nitrogens with zero attached hydrogens (tertiary/aromatic N) is 4. The van der Waals surface area contributed by atoms with Crippen molar-refractivity contribution in [3.8, 4) is 44.5 Å². The summed E-state index contributed by atoms with van der Waals surface area (Å²) in [5.74, 6) is -0.383. The Morgan fingerprint density at radius 1 is 0.237 bits per heavy atom. The fourth-order valence-electron chi connectivity index (χ4n) is 11.3. The third-order valence-corrected chi connectivity index (χ3v) is 15.1. The Bertz CT molecular complexity index is 3490. The van der Waals surface area contributed by atoms with Crippen LogP contribution in [0.5, 0.6) is 0 Å². The zero-order valence-corrected chi connectivity index (χ0v) is 46.0. The van der Waals surface area contributed by atoms with Crippen molar-refractivity contribution in [2.45, 2.75) is 52.6 Å². The van der Waals surface area contributed by atoms with E-state index in [-0.39, 0.29) is 11.8 Å². The average molecular weight is 1040 g/mol. The maximum Gasteiger partial charge on any atom is 0.261 e. The summed E-state index contributed by atoms with van der Waals surface area (Å²) < 4.78 is 0. The molecule has 0 spiro atoms. The van der Waals surface area contributed by atoms with Crippen molar-refractivity contribution in [1.82, 2.24) is 9.80 Å². The minimum absolute atomic E-state index is 0.192. The highest BCUT2D eigenvalue weighted by Gasteiger charge is 2.53. The van der Waals surface area contributed by atoms with Gasteiger partial charge < -0.3 is 19.6 Å². The molecule has 80 heavy (non-hydrogen) atoms. The van der Waals surface area contributed by atoms with E-state index in [1.54, 1.807) is 0 Å². The van der Waals surface area contributed by atoms with Gasteiger partial charge in [-0.25, -0.2) is 0 Å². The predicted octanol–water partition coefficient (Wildman–Crippen LogP) is 18.7. The quantitative estimate of drug-likeness (QED) is 0.122. The molecule has 0 aromatic heterocycles. The summed E-state index contributed by atoms with van der Waals surface area (Å²) >= 11 is 0. The lowest BCUT2D eigenvalue weighted by Crippen LogP contribution is -2.45. The monoisotopic (exact) mass is 1040 g/mol. The normalized spacial score (nSPS) is 13.5. The molecule has 12 rings (SSSR count). The second-order valence-corrected chi connectivity index (χ2v) is 22.5. The fourth-order valence-corrected chi connectivity index (χ4v) is 11.3. The minimum atomic E-state index is -0.670. The lowest BCUT2D eigenvalue weighted by Gasteiger charge is -2.38. The maximum absolute atomic E-state index is 15.5. The fraction of sp³-hybridized carbons (Fsp3) is 0.108. The Morgan fingerprint density at radius 2 is 0.412 bits per heavy atom. The molecular formula is C74H62N4O2. The van der Waals surface area contributed by atoms with E-state index >= 15 is 9.59 Å². The molecule has 10 aromatic carbocycles. The van der Waals surface area contributed by atoms with Crippen LogP contribution in [0, 0.1) is 0 Å². The van der Waals surface area contributed by atoms with Crippen LogP contribution in [0.2, 0.25) is 0 Å². The molecule has 0 aliphatic carbocycles. The van der Waals surface area contributed by atoms with Gasteiger partial charge in [0.15, 0.2) is 0 Å². The number of anilines is 6. The van der Waals surface area contributed by atoms with Gasteiger partial charge in [-0.2, -0.15) is 0 Å². The summed E-state index contributed by atoms with van der Waals surface area (Å²) in [6, 6.07) is 92.9. The smallest absolute Gasteiger partial charge is 0.261 e. The molecule has 0 atom stereocenters. The SMILES string of the molecule is CC(C)(C)N1C(=O)C2=C(c3ccc(N(c4ccc(-c5ccccc5)cc4)c4ccc(-c5ccccc5)cc4)cc3)N(C(C)(C)C)C(=O)C2=C1c1ccc(N(c2ccc(-c3ccccc3)cc2)c2ccc(-c3ccccc3)cc2)cc1. The van der Waals surface area contributed by atoms with Crippen molar-refractivity contribution >= 4 is 57.3 Å². The van der Waals surface area contributed by atoms with Gasteiger partial charge in [0.05, 0.1) is 22.5 Å². The Morgan fingerprint density at radius 3 is 0.600 bits per heavy atom. The van der Waals surface area contributed by atoms with Gasteiger partial charge in [0, 0.05) is 45.2 Å². The first-order chi connectivity index (χ1) is 38.8. The summed E-state index contributed by atoms with van der Waals surface area (Å²) in [5.41, 5.74) is 17.3. The maximum atomic E-state index is 15.5. The first-order valence-corrected chi connectivity index (χ1v) is 27.4. The average Bonchev–Trinajstić information content (AvgIpc) is 3.17. The molecule has 6 nitrogen and oxygen atoms in total. The second-order valence-electron chi connectivity index (χ2n) is 22.5. The van der Waals surface area contributed by atoms with Gasteiger partial charge in [0.1, 0.15) is 0 Å². The lowest BCUT2D eigenvalue weighted by atomic mass is 10.00. The van der Waals surface area contributed by atoms with Crippen molar-refractivity contribution in [2.75, 3.05) is 9.80 Å². The Hall–Kier alpha value is -9.78. The Labute approximate surface area is 470 Å². The van der Waals surface area contributed by atoms with Crippen molar-refractivity contribution < 1.29 is 9.59 Å². The van der Waals surface area contributed by atoms with Gasteiger partial charge in [-0.15, -0.1) is 0 Å². The summed E-state index contributed by atoms with van der Waals surface area (Å²) in [5, 5.41) is 0. The highest BCUT2D eigenvalue weighted by molar-refractivity contribution is 6.30. The largest absolute Gasteiger partial charge is 0.311 e. The number of benzene rings is 10. The van der Waals surface area contributed by atoms with E-state index in [2.05, 4.69) is 252 Å². The van der Waals surface area contributed by atoms with E-state index in [1.165, 1.54) is 0 Å². The Balaban J connectivity index is 0.943. The van der Waals surface area contributed by atoms with Crippen LogP contribution in [0.3, 0.4) is 0 Å². The van der Waals surface area contributed by atoms with E-state index in [9.17, 15) is 0 Å². The topological polar surface area (TPSA) is 47.1 Å². The number of carbonyl (C=O) groups is 2. The lowest BCUT2D eigenvalue weighted by molar-refractivity contribution is -0.127. The number of hydrogen-bond donors (Lipinski definition) is 0. The van der Waals surface area contributed by atoms with Crippen molar-refractivity contribution in [3.63, 3.8) is 0 Å². The van der Waals surface area contributed by atoms with Gasteiger partial charge in [0.2, 0.25) is 0 Å². The molecule has 2 aliphatic rings. The van der Waals surface area contributed by atoms with E-state index < -0.39 is 11.1 Å². The van der Waals surface area contributed by atoms with Crippen LogP contribution < -0.4 is 9.80 Å². The van der Waals surface area contributed by atoms with E-state index in [4.69, 9.17) is 0 Å². The predicted molar refractivity (Wildman–Crippen MR) is 331 cm³/mol. The van der Waals surface area contributed by atoms with Crippen molar-refractivity contribution in [1.29, 1.82) is 0 Å². The van der Waals surface area contributed by atoms with Gasteiger partial charge in [-0.05, 0) is 170 Å². The number of hydrogen-bond acceptors (Lipinski definition) is 4. The molecule has 0 saturated carbocycles. The molecule has 2 aliphatic heterocycles. The molecule has 0 N–H and O–H groups in total. The molecule has 0 saturated heterocycles. The molecule has 2 heterocycles. The molecule has 0 fully saturated rings. The van der Waals surface area contributed by atoms with E-state index in [0.717, 1.165) is 89.8 Å². The summed E-state index contributed by atoms with van der Waals surface area (Å²) in [7, 11) is 0. The third-order valence-electron chi connectivity index (χ3n) is 15.1. The van der Waals surface area contributed by atoms with Crippen LogP contribution in [0.25, 0.3) is 55.9 Å². The summed E-state index contributed by atoms with van der Waals surface area (Å²) in [6.07, 6.45) is 0. The number of carbonyl (C=O) groups excluding carboxylic acids is 2. The zero-order valence-electron chi connectivity index (χ0n) is 46.0. The van der Waals surface area contributed by atoms with Crippen LogP contribution in [0.1, 0.15) is 52.7 Å². The molecule has 0 unspecified atom stereocenters. The Kier molecular flexibility index (Phi) is 13.3. The first-order valence-electron chi connectivity index (χ1n) is 27.4. The number of fused-ring (bicyclic) bond motifs is 1. The molecule has 10 aromatic rings. The highest BCUT2D eigenvalue weighted by Crippen LogP contribution is 2.52. The minimum Gasteiger partial charge on any atom is -0.311 e. The first kappa shape index (κ1) is 51.0. The second kappa shape index (κ2) is 20.9. The summed E-state index contributed by atoms with van der Waals surface area (Å²) in [4.78, 5) is 39.1. The molecule has 6 heteroatoms. The third kappa shape index (κ3) is 9.71. The van der Waals surface area contributed by atoms with Gasteiger partial charge in [-0.1, -0.05) is 194 Å². The van der Waals surface area contributed by atoms with Crippen LogP contribution in [-0.2, 0) is 9.59 Å². The molecular weight excluding hydrogens is 977 g/mol. The summed E-state index contributed by atoms with van der Waals surface area (Å²) in [6.45, 7) is 12.2. The van der Waals surface area contributed by atoms with Crippen LogP contribution in [-0.4, -0.2) is 32.7 Å². The molecule has 2 amide bonds. The van der Waals surface area contributed by atoms with E-state index in [0.29, 0.717) is 22.5 Å². The van der Waals surface area contributed by atoms with Crippen LogP contribution in [0.4, 0.5) is 34.1 Å². The zero-order chi connectivity index (χ0) is 55.1. The van der Waals surface area contributed by atoms with Gasteiger partial charge in [-0.3, -0.25) is 9.59 Å². The van der Waals surface area contributed by atoms with Crippen molar-refractivity contribution in [2.24, 2.45) is 0 Å². The van der Waals surface area contributed by atoms with Gasteiger partial charge in [0.25, 0.3) is 11.8 Å². The molecule has 390 valence electrons. The van der Waals surface area contributed by atoms with Crippen LogP contribution >= 0.6 is 0 Å². The molecule has 0 radical (unpaired) electrons. The van der Waals surface area contributed by atoms with Crippen LogP contribution in [0.15, 0.2) is 278 Å². The number of rotatable bonds is 12. The van der Waals surface area contributed by atoms with Gasteiger partial charge >= 0.3 is 0 Å². The van der Waals surface area contributed by atoms with E-state index in [1.807, 2.05) is 75.6 Å².